The molecule has 5 rings (SSSR count). The van der Waals surface area contributed by atoms with Crippen LogP contribution in [0.3, 0.4) is 0 Å². The van der Waals surface area contributed by atoms with Gasteiger partial charge in [0.05, 0.1) is 5.57 Å². The van der Waals surface area contributed by atoms with Gasteiger partial charge in [0.2, 0.25) is 0 Å². The molecular formula is C32H20Cl4O2. The third-order valence-electron chi connectivity index (χ3n) is 6.17. The molecule has 0 atom stereocenters. The van der Waals surface area contributed by atoms with Crippen LogP contribution in [0, 0.1) is 0 Å². The van der Waals surface area contributed by atoms with Gasteiger partial charge in [0, 0.05) is 16.7 Å². The summed E-state index contributed by atoms with van der Waals surface area (Å²) in [6.07, 6.45) is 1.64. The van der Waals surface area contributed by atoms with E-state index in [0.29, 0.717) is 16.9 Å². The first-order valence-corrected chi connectivity index (χ1v) is 13.4. The molecule has 1 heterocycles. The number of allylic oxidation sites excluding steroid dienone is 4. The van der Waals surface area contributed by atoms with Crippen LogP contribution in [0.15, 0.2) is 137 Å². The van der Waals surface area contributed by atoms with Gasteiger partial charge >= 0.3 is 0 Å². The standard InChI is InChI=1S/C32H20Cl4O2/c33-31(34)26-19-27(24-15-11-22(12-16-24)20-7-3-1-4-8-20)38-30(32(35)36)28(26)29(37)25-17-13-23(14-18-25)21-9-5-2-6-10-21/h1-19,32H. The monoisotopic (exact) mass is 576 g/mol. The van der Waals surface area contributed by atoms with Gasteiger partial charge in [-0.25, -0.2) is 0 Å². The number of rotatable bonds is 6. The maximum absolute atomic E-state index is 13.7. The van der Waals surface area contributed by atoms with E-state index in [1.54, 1.807) is 18.2 Å². The fourth-order valence-electron chi connectivity index (χ4n) is 4.26. The Bertz CT molecular complexity index is 1550. The lowest BCUT2D eigenvalue weighted by atomic mass is 9.92. The second kappa shape index (κ2) is 11.6. The highest BCUT2D eigenvalue weighted by molar-refractivity contribution is 6.57. The van der Waals surface area contributed by atoms with Crippen LogP contribution in [-0.2, 0) is 4.74 Å². The van der Waals surface area contributed by atoms with Crippen LogP contribution < -0.4 is 0 Å². The van der Waals surface area contributed by atoms with Gasteiger partial charge in [-0.1, -0.05) is 156 Å². The van der Waals surface area contributed by atoms with E-state index >= 15 is 0 Å². The SMILES string of the molecule is O=C(C1=C(C(Cl)Cl)OC(c2ccc(-c3ccccc3)cc2)=CC1=C(Cl)Cl)c1ccc(-c2ccccc2)cc1. The molecule has 0 unspecified atom stereocenters. The van der Waals surface area contributed by atoms with Crippen LogP contribution in [0.5, 0.6) is 0 Å². The summed E-state index contributed by atoms with van der Waals surface area (Å²) < 4.78 is 6.02. The fourth-order valence-corrected chi connectivity index (χ4v) is 4.87. The molecule has 1 aliphatic heterocycles. The molecule has 0 N–H and O–H groups in total. The number of hydrogen-bond acceptors (Lipinski definition) is 2. The van der Waals surface area contributed by atoms with Gasteiger partial charge in [-0.15, -0.1) is 0 Å². The molecule has 2 nitrogen and oxygen atoms in total. The highest BCUT2D eigenvalue weighted by Gasteiger charge is 2.32. The first-order chi connectivity index (χ1) is 18.4. The van der Waals surface area contributed by atoms with Crippen molar-refractivity contribution in [3.8, 4) is 22.3 Å². The smallest absolute Gasteiger partial charge is 0.197 e. The van der Waals surface area contributed by atoms with E-state index in [1.165, 1.54) is 0 Å². The second-order valence-electron chi connectivity index (χ2n) is 8.54. The van der Waals surface area contributed by atoms with E-state index in [-0.39, 0.29) is 21.6 Å². The number of carbonyl (C=O) groups excluding carboxylic acids is 1. The summed E-state index contributed by atoms with van der Waals surface area (Å²) >= 11 is 25.2. The number of benzene rings is 4. The van der Waals surface area contributed by atoms with Gasteiger partial charge in [-0.05, 0) is 28.3 Å². The zero-order chi connectivity index (χ0) is 26.6. The maximum Gasteiger partial charge on any atom is 0.197 e. The number of hydrogen-bond donors (Lipinski definition) is 0. The molecule has 0 spiro atoms. The lowest BCUT2D eigenvalue weighted by molar-refractivity contribution is 0.103. The van der Waals surface area contributed by atoms with Gasteiger partial charge in [0.1, 0.15) is 16.0 Å². The van der Waals surface area contributed by atoms with E-state index in [4.69, 9.17) is 51.1 Å². The molecule has 4 aromatic carbocycles. The summed E-state index contributed by atoms with van der Waals surface area (Å²) in [4.78, 5) is 12.6. The molecule has 1 aliphatic rings. The van der Waals surface area contributed by atoms with Crippen LogP contribution in [0.25, 0.3) is 28.0 Å². The van der Waals surface area contributed by atoms with Crippen LogP contribution in [0.4, 0.5) is 0 Å². The molecule has 0 saturated heterocycles. The Hall–Kier alpha value is -3.27. The zero-order valence-electron chi connectivity index (χ0n) is 19.9. The number of ketones is 1. The largest absolute Gasteiger partial charge is 0.457 e. The van der Waals surface area contributed by atoms with E-state index < -0.39 is 4.84 Å². The maximum atomic E-state index is 13.7. The highest BCUT2D eigenvalue weighted by Crippen LogP contribution is 2.40. The van der Waals surface area contributed by atoms with Crippen LogP contribution >= 0.6 is 46.4 Å². The van der Waals surface area contributed by atoms with Gasteiger partial charge < -0.3 is 4.74 Å². The molecule has 0 bridgehead atoms. The Morgan fingerprint density at radius 1 is 0.605 bits per heavy atom. The van der Waals surface area contributed by atoms with Crippen molar-refractivity contribution in [2.24, 2.45) is 0 Å². The summed E-state index contributed by atoms with van der Waals surface area (Å²) in [6, 6.07) is 35.0. The Morgan fingerprint density at radius 3 is 1.53 bits per heavy atom. The van der Waals surface area contributed by atoms with E-state index in [9.17, 15) is 4.79 Å². The van der Waals surface area contributed by atoms with Crippen LogP contribution in [0.2, 0.25) is 0 Å². The summed E-state index contributed by atoms with van der Waals surface area (Å²) in [6.45, 7) is 0. The minimum atomic E-state index is -1.13. The highest BCUT2D eigenvalue weighted by atomic mass is 35.5. The Kier molecular flexibility index (Phi) is 8.06. The minimum absolute atomic E-state index is 0.0731. The minimum Gasteiger partial charge on any atom is -0.457 e. The van der Waals surface area contributed by atoms with E-state index in [0.717, 1.165) is 27.8 Å². The van der Waals surface area contributed by atoms with Gasteiger partial charge in [0.15, 0.2) is 10.6 Å². The Balaban J connectivity index is 1.48. The number of Topliss-reactive ketones (excluding diaryl/α,β-unsaturated/α-hetero) is 1. The first-order valence-electron chi connectivity index (χ1n) is 11.8. The van der Waals surface area contributed by atoms with Crippen molar-refractivity contribution < 1.29 is 9.53 Å². The first kappa shape index (κ1) is 26.3. The number of halogens is 4. The topological polar surface area (TPSA) is 26.3 Å². The average Bonchev–Trinajstić information content (AvgIpc) is 2.97. The third-order valence-corrected chi connectivity index (χ3v) is 6.97. The van der Waals surface area contributed by atoms with Crippen molar-refractivity contribution in [3.63, 3.8) is 0 Å². The van der Waals surface area contributed by atoms with Crippen LogP contribution in [0.1, 0.15) is 15.9 Å². The van der Waals surface area contributed by atoms with E-state index in [2.05, 4.69) is 0 Å². The van der Waals surface area contributed by atoms with Crippen molar-refractivity contribution >= 4 is 57.9 Å². The summed E-state index contributed by atoms with van der Waals surface area (Å²) in [5.41, 5.74) is 5.76. The molecule has 0 fully saturated rings. The molecule has 0 radical (unpaired) electrons. The van der Waals surface area contributed by atoms with Crippen molar-refractivity contribution in [2.75, 3.05) is 0 Å². The fraction of sp³-hybridized carbons (Fsp3) is 0.0312. The average molecular weight is 578 g/mol. The summed E-state index contributed by atoms with van der Waals surface area (Å²) in [7, 11) is 0. The molecule has 0 aromatic heterocycles. The number of alkyl halides is 2. The molecule has 0 aliphatic carbocycles. The van der Waals surface area contributed by atoms with E-state index in [1.807, 2.05) is 97.1 Å². The normalized spacial score (nSPS) is 13.3. The van der Waals surface area contributed by atoms with Crippen molar-refractivity contribution in [3.05, 3.63) is 148 Å². The van der Waals surface area contributed by atoms with Crippen molar-refractivity contribution in [1.82, 2.24) is 0 Å². The van der Waals surface area contributed by atoms with Gasteiger partial charge in [-0.3, -0.25) is 4.79 Å². The zero-order valence-corrected chi connectivity index (χ0v) is 22.9. The molecular weight excluding hydrogens is 558 g/mol. The molecule has 6 heteroatoms. The predicted octanol–water partition coefficient (Wildman–Crippen LogP) is 10.0. The molecule has 0 amide bonds. The second-order valence-corrected chi connectivity index (χ2v) is 10.6. The Morgan fingerprint density at radius 2 is 1.05 bits per heavy atom. The molecule has 4 aromatic rings. The number of ether oxygens (including phenoxy) is 1. The summed E-state index contributed by atoms with van der Waals surface area (Å²) in [5, 5.41) is 0. The van der Waals surface area contributed by atoms with Gasteiger partial charge in [0.25, 0.3) is 0 Å². The number of carbonyl (C=O) groups is 1. The molecule has 0 saturated carbocycles. The predicted molar refractivity (Wildman–Crippen MR) is 158 cm³/mol. The van der Waals surface area contributed by atoms with Crippen molar-refractivity contribution in [2.45, 2.75) is 4.84 Å². The third kappa shape index (κ3) is 5.60. The van der Waals surface area contributed by atoms with Crippen molar-refractivity contribution in [1.29, 1.82) is 0 Å². The Labute approximate surface area is 241 Å². The lowest BCUT2D eigenvalue weighted by Gasteiger charge is -2.24. The lowest BCUT2D eigenvalue weighted by Crippen LogP contribution is -2.17. The van der Waals surface area contributed by atoms with Gasteiger partial charge in [-0.2, -0.15) is 0 Å². The summed E-state index contributed by atoms with van der Waals surface area (Å²) in [5.74, 6) is 0.147. The quantitative estimate of drug-likeness (QED) is 0.168. The van der Waals surface area contributed by atoms with Crippen LogP contribution in [-0.4, -0.2) is 10.6 Å². The molecule has 188 valence electrons. The molecule has 38 heavy (non-hydrogen) atoms.